The summed E-state index contributed by atoms with van der Waals surface area (Å²) in [4.78, 5) is 5.55. The summed E-state index contributed by atoms with van der Waals surface area (Å²) in [6.07, 6.45) is 0. The Labute approximate surface area is 357 Å². The largest absolute Gasteiger partial charge is 0.285 e. The van der Waals surface area contributed by atoms with Gasteiger partial charge in [0.05, 0.1) is 21.3 Å². The number of hydrogen-bond donors (Lipinski definition) is 0. The molecule has 0 amide bonds. The molecule has 4 heterocycles. The molecule has 2 nitrogen and oxygen atoms in total. The van der Waals surface area contributed by atoms with E-state index < -0.39 is 0 Å². The van der Waals surface area contributed by atoms with Gasteiger partial charge in [-0.3, -0.25) is 4.57 Å². The van der Waals surface area contributed by atoms with E-state index in [1.807, 2.05) is 22.7 Å². The number of para-hydroxylation sites is 2. The monoisotopic (exact) mass is 816 g/mol. The summed E-state index contributed by atoms with van der Waals surface area (Å²) in [6.45, 7) is 0. The van der Waals surface area contributed by atoms with E-state index in [4.69, 9.17) is 4.98 Å². The molecule has 4 aromatic heterocycles. The summed E-state index contributed by atoms with van der Waals surface area (Å²) >= 11 is 5.50. The first-order valence-corrected chi connectivity index (χ1v) is 22.6. The summed E-state index contributed by atoms with van der Waals surface area (Å²) in [5, 5.41) is 8.73. The van der Waals surface area contributed by atoms with E-state index in [1.165, 1.54) is 100 Å². The van der Waals surface area contributed by atoms with Crippen LogP contribution in [0.3, 0.4) is 0 Å². The van der Waals surface area contributed by atoms with E-state index in [0.717, 1.165) is 21.8 Å². The van der Waals surface area contributed by atoms with E-state index in [9.17, 15) is 0 Å². The van der Waals surface area contributed by atoms with Gasteiger partial charge in [-0.15, -0.1) is 22.7 Å². The zero-order chi connectivity index (χ0) is 39.3. The van der Waals surface area contributed by atoms with Gasteiger partial charge in [0.1, 0.15) is 0 Å². The van der Waals surface area contributed by atoms with Crippen molar-refractivity contribution in [2.75, 3.05) is 0 Å². The van der Waals surface area contributed by atoms with Crippen LogP contribution in [-0.2, 0) is 0 Å². The molecule has 0 fully saturated rings. The van der Waals surface area contributed by atoms with Crippen molar-refractivity contribution in [2.24, 2.45) is 0 Å². The molecule has 0 spiro atoms. The van der Waals surface area contributed by atoms with Crippen LogP contribution in [0.5, 0.6) is 0 Å². The van der Waals surface area contributed by atoms with Crippen molar-refractivity contribution >= 4 is 106 Å². The Morgan fingerprint density at radius 2 is 0.733 bits per heavy atom. The molecular formula is C55H32N2S3. The standard InChI is InChI=1S/C55H32N2S3/c1-5-13-47-41(9-1)42-10-2-6-14-48(42)57(47)55-56-53-39(35-21-17-33(18-22-35)37-25-29-51-45(31-37)43-11-3-7-15-49(43)58-51)27-28-40(54(53)60-55)36-23-19-34(20-24-36)38-26-30-52-46(32-38)44-12-4-8-16-50(44)59-52/h1-32H. The third kappa shape index (κ3) is 5.27. The lowest BCUT2D eigenvalue weighted by Crippen LogP contribution is -1.92. The Bertz CT molecular complexity index is 3580. The average molecular weight is 817 g/mol. The van der Waals surface area contributed by atoms with Gasteiger partial charge in [-0.2, -0.15) is 0 Å². The van der Waals surface area contributed by atoms with E-state index in [2.05, 4.69) is 199 Å². The van der Waals surface area contributed by atoms with E-state index in [1.54, 1.807) is 11.3 Å². The Kier molecular flexibility index (Phi) is 7.55. The van der Waals surface area contributed by atoms with Crippen molar-refractivity contribution in [1.82, 2.24) is 9.55 Å². The average Bonchev–Trinajstić information content (AvgIpc) is 4.09. The summed E-state index contributed by atoms with van der Waals surface area (Å²) < 4.78 is 8.84. The fourth-order valence-corrected chi connectivity index (χ4v) is 12.5. The predicted octanol–water partition coefficient (Wildman–Crippen LogP) is 16.8. The molecule has 0 bridgehead atoms. The lowest BCUT2D eigenvalue weighted by Gasteiger charge is -2.10. The van der Waals surface area contributed by atoms with E-state index in [-0.39, 0.29) is 0 Å². The molecule has 0 aliphatic rings. The van der Waals surface area contributed by atoms with Gasteiger partial charge in [0.15, 0.2) is 5.13 Å². The molecule has 0 aliphatic heterocycles. The highest BCUT2D eigenvalue weighted by molar-refractivity contribution is 7.26. The van der Waals surface area contributed by atoms with Crippen molar-refractivity contribution in [1.29, 1.82) is 0 Å². The molecule has 9 aromatic carbocycles. The fourth-order valence-electron chi connectivity index (χ4n) is 9.18. The van der Waals surface area contributed by atoms with Crippen LogP contribution in [0.15, 0.2) is 194 Å². The molecule has 60 heavy (non-hydrogen) atoms. The minimum Gasteiger partial charge on any atom is -0.285 e. The normalized spacial score (nSPS) is 12.0. The van der Waals surface area contributed by atoms with Crippen LogP contribution in [0.4, 0.5) is 0 Å². The Balaban J connectivity index is 0.942. The molecular weight excluding hydrogens is 785 g/mol. The van der Waals surface area contributed by atoms with Gasteiger partial charge in [-0.25, -0.2) is 4.98 Å². The summed E-state index contributed by atoms with van der Waals surface area (Å²) in [5.41, 5.74) is 12.9. The van der Waals surface area contributed by atoms with Crippen LogP contribution in [0.1, 0.15) is 0 Å². The first-order valence-electron chi connectivity index (χ1n) is 20.2. The highest BCUT2D eigenvalue weighted by Gasteiger charge is 2.20. The molecule has 13 rings (SSSR count). The molecule has 0 radical (unpaired) electrons. The maximum absolute atomic E-state index is 5.55. The smallest absolute Gasteiger partial charge is 0.195 e. The minimum absolute atomic E-state index is 0.969. The van der Waals surface area contributed by atoms with Gasteiger partial charge < -0.3 is 0 Å². The van der Waals surface area contributed by atoms with Crippen molar-refractivity contribution in [3.8, 4) is 49.6 Å². The molecule has 0 saturated carbocycles. The second kappa shape index (κ2) is 13.3. The summed E-state index contributed by atoms with van der Waals surface area (Å²) in [6, 6.07) is 71.3. The second-order valence-corrected chi connectivity index (χ2v) is 18.6. The Hall–Kier alpha value is -6.89. The van der Waals surface area contributed by atoms with E-state index >= 15 is 0 Å². The van der Waals surface area contributed by atoms with Crippen molar-refractivity contribution in [3.63, 3.8) is 0 Å². The van der Waals surface area contributed by atoms with E-state index in [0.29, 0.717) is 0 Å². The van der Waals surface area contributed by atoms with Gasteiger partial charge in [0.2, 0.25) is 0 Å². The molecule has 0 atom stereocenters. The maximum atomic E-state index is 5.55. The van der Waals surface area contributed by atoms with Crippen LogP contribution in [0.2, 0.25) is 0 Å². The van der Waals surface area contributed by atoms with Crippen molar-refractivity contribution < 1.29 is 0 Å². The molecule has 280 valence electrons. The molecule has 13 aromatic rings. The van der Waals surface area contributed by atoms with Gasteiger partial charge in [-0.05, 0) is 81.9 Å². The number of rotatable bonds is 5. The first kappa shape index (κ1) is 34.0. The van der Waals surface area contributed by atoms with Crippen molar-refractivity contribution in [2.45, 2.75) is 0 Å². The maximum Gasteiger partial charge on any atom is 0.195 e. The zero-order valence-electron chi connectivity index (χ0n) is 32.1. The third-order valence-electron chi connectivity index (χ3n) is 12.1. The Morgan fingerprint density at radius 3 is 1.28 bits per heavy atom. The van der Waals surface area contributed by atoms with Crippen LogP contribution >= 0.6 is 34.0 Å². The van der Waals surface area contributed by atoms with Crippen LogP contribution in [-0.4, -0.2) is 9.55 Å². The first-order chi connectivity index (χ1) is 29.7. The van der Waals surface area contributed by atoms with Gasteiger partial charge in [0, 0.05) is 62.2 Å². The zero-order valence-corrected chi connectivity index (χ0v) is 34.5. The Morgan fingerprint density at radius 1 is 0.317 bits per heavy atom. The lowest BCUT2D eigenvalue weighted by atomic mass is 9.95. The molecule has 0 aliphatic carbocycles. The number of fused-ring (bicyclic) bond motifs is 10. The summed E-state index contributed by atoms with van der Waals surface area (Å²) in [5.74, 6) is 0. The van der Waals surface area contributed by atoms with Crippen LogP contribution in [0, 0.1) is 0 Å². The quantitative estimate of drug-likeness (QED) is 0.169. The number of hydrogen-bond acceptors (Lipinski definition) is 4. The lowest BCUT2D eigenvalue weighted by molar-refractivity contribution is 1.15. The number of benzene rings is 9. The molecule has 0 unspecified atom stereocenters. The van der Waals surface area contributed by atoms with Crippen molar-refractivity contribution in [3.05, 3.63) is 194 Å². The highest BCUT2D eigenvalue weighted by atomic mass is 32.1. The molecule has 5 heteroatoms. The van der Waals surface area contributed by atoms with Gasteiger partial charge in [-0.1, -0.05) is 157 Å². The molecule has 0 saturated heterocycles. The number of aromatic nitrogens is 2. The third-order valence-corrected chi connectivity index (χ3v) is 15.5. The van der Waals surface area contributed by atoms with Gasteiger partial charge >= 0.3 is 0 Å². The number of nitrogens with zero attached hydrogens (tertiary/aromatic N) is 2. The molecule has 0 N–H and O–H groups in total. The van der Waals surface area contributed by atoms with Crippen LogP contribution in [0.25, 0.3) is 122 Å². The predicted molar refractivity (Wildman–Crippen MR) is 261 cm³/mol. The fraction of sp³-hybridized carbons (Fsp3) is 0. The SMILES string of the molecule is c1ccc2c(c1)sc1ccc(-c3ccc(-c4ccc(-c5ccc(-c6ccc7sc8ccccc8c7c6)cc5)c5sc(-n6c7ccccc7c7ccccc76)nc45)cc3)cc12. The minimum atomic E-state index is 0.969. The van der Waals surface area contributed by atoms with Crippen LogP contribution < -0.4 is 0 Å². The number of thiazole rings is 1. The highest BCUT2D eigenvalue weighted by Crippen LogP contribution is 2.44. The van der Waals surface area contributed by atoms with Gasteiger partial charge in [0.25, 0.3) is 0 Å². The second-order valence-electron chi connectivity index (χ2n) is 15.5. The summed E-state index contributed by atoms with van der Waals surface area (Å²) in [7, 11) is 0. The number of thiophene rings is 2. The topological polar surface area (TPSA) is 17.8 Å².